The SMILES string of the molecule is CC1CC2=c3cccc(C=O)c3=NC2C1. The molecule has 0 amide bonds. The largest absolute Gasteiger partial charge is 0.298 e. The van der Waals surface area contributed by atoms with E-state index in [-0.39, 0.29) is 0 Å². The second kappa shape index (κ2) is 3.02. The Morgan fingerprint density at radius 3 is 3.13 bits per heavy atom. The Hall–Kier alpha value is -1.44. The molecule has 2 atom stereocenters. The molecule has 0 radical (unpaired) electrons. The van der Waals surface area contributed by atoms with E-state index in [1.165, 1.54) is 10.8 Å². The van der Waals surface area contributed by atoms with E-state index < -0.39 is 0 Å². The van der Waals surface area contributed by atoms with Crippen molar-refractivity contribution in [2.45, 2.75) is 25.8 Å². The van der Waals surface area contributed by atoms with Gasteiger partial charge in [-0.2, -0.15) is 0 Å². The van der Waals surface area contributed by atoms with Gasteiger partial charge in [0.15, 0.2) is 6.29 Å². The molecule has 1 aromatic rings. The van der Waals surface area contributed by atoms with Crippen LogP contribution in [0.15, 0.2) is 23.2 Å². The Bertz CT molecular complexity index is 544. The second-order valence-corrected chi connectivity index (χ2v) is 4.58. The van der Waals surface area contributed by atoms with Crippen LogP contribution in [-0.2, 0) is 0 Å². The molecule has 1 saturated carbocycles. The predicted octanol–water partition coefficient (Wildman–Crippen LogP) is 1.08. The van der Waals surface area contributed by atoms with Gasteiger partial charge in [-0.3, -0.25) is 9.79 Å². The molecule has 1 aliphatic heterocycles. The first-order valence-electron chi connectivity index (χ1n) is 5.44. The third kappa shape index (κ3) is 1.17. The molecule has 0 saturated heterocycles. The first kappa shape index (κ1) is 8.84. The molecular weight excluding hydrogens is 186 g/mol. The van der Waals surface area contributed by atoms with E-state index in [0.717, 1.165) is 36.0 Å². The third-order valence-electron chi connectivity index (χ3n) is 3.42. The van der Waals surface area contributed by atoms with Gasteiger partial charge < -0.3 is 0 Å². The summed E-state index contributed by atoms with van der Waals surface area (Å²) in [5.41, 5.74) is 2.18. The van der Waals surface area contributed by atoms with Gasteiger partial charge in [-0.15, -0.1) is 0 Å². The van der Waals surface area contributed by atoms with Gasteiger partial charge in [0.1, 0.15) is 0 Å². The monoisotopic (exact) mass is 199 g/mol. The molecule has 3 rings (SSSR count). The molecule has 1 heterocycles. The summed E-state index contributed by atoms with van der Waals surface area (Å²) < 4.78 is 0. The fourth-order valence-corrected chi connectivity index (χ4v) is 2.75. The number of rotatable bonds is 1. The van der Waals surface area contributed by atoms with Gasteiger partial charge in [0, 0.05) is 10.8 Å². The summed E-state index contributed by atoms with van der Waals surface area (Å²) in [4.78, 5) is 15.5. The molecule has 1 aromatic carbocycles. The Morgan fingerprint density at radius 1 is 1.47 bits per heavy atom. The summed E-state index contributed by atoms with van der Waals surface area (Å²) >= 11 is 0. The average Bonchev–Trinajstić information content (AvgIpc) is 2.73. The lowest BCUT2D eigenvalue weighted by atomic mass is 10.1. The highest BCUT2D eigenvalue weighted by molar-refractivity contribution is 5.75. The quantitative estimate of drug-likeness (QED) is 0.622. The van der Waals surface area contributed by atoms with Crippen LogP contribution in [-0.4, -0.2) is 12.3 Å². The lowest BCUT2D eigenvalue weighted by molar-refractivity contribution is 0.112. The normalized spacial score (nSPS) is 27.1. The fourth-order valence-electron chi connectivity index (χ4n) is 2.75. The van der Waals surface area contributed by atoms with Crippen LogP contribution in [0, 0.1) is 5.92 Å². The van der Waals surface area contributed by atoms with Gasteiger partial charge in [0.25, 0.3) is 0 Å². The number of benzene rings is 1. The van der Waals surface area contributed by atoms with E-state index in [1.807, 2.05) is 12.1 Å². The van der Waals surface area contributed by atoms with Crippen LogP contribution in [0.1, 0.15) is 30.1 Å². The molecule has 2 heteroatoms. The van der Waals surface area contributed by atoms with Crippen molar-refractivity contribution in [2.24, 2.45) is 10.9 Å². The van der Waals surface area contributed by atoms with Crippen LogP contribution in [0.5, 0.6) is 0 Å². The van der Waals surface area contributed by atoms with E-state index in [1.54, 1.807) is 0 Å². The van der Waals surface area contributed by atoms with E-state index in [9.17, 15) is 4.79 Å². The van der Waals surface area contributed by atoms with E-state index in [2.05, 4.69) is 18.0 Å². The molecule has 2 unspecified atom stereocenters. The van der Waals surface area contributed by atoms with Crippen LogP contribution in [0.3, 0.4) is 0 Å². The number of carbonyl (C=O) groups excluding carboxylic acids is 1. The van der Waals surface area contributed by atoms with Gasteiger partial charge in [0.05, 0.1) is 11.4 Å². The van der Waals surface area contributed by atoms with Crippen molar-refractivity contribution >= 4 is 11.9 Å². The Balaban J connectivity index is 2.32. The number of para-hydroxylation sites is 1. The maximum atomic E-state index is 10.9. The summed E-state index contributed by atoms with van der Waals surface area (Å²) in [6.07, 6.45) is 3.19. The summed E-state index contributed by atoms with van der Waals surface area (Å²) in [5, 5.41) is 2.15. The summed E-state index contributed by atoms with van der Waals surface area (Å²) in [6.45, 7) is 2.27. The fraction of sp³-hybridized carbons (Fsp3) is 0.385. The molecule has 15 heavy (non-hydrogen) atoms. The standard InChI is InChI=1S/C13H13NO/c1-8-5-11-10-4-2-3-9(7-15)13(10)14-12(11)6-8/h2-4,7-8,12H,5-6H2,1H3. The Morgan fingerprint density at radius 2 is 2.33 bits per heavy atom. The predicted molar refractivity (Wildman–Crippen MR) is 58.2 cm³/mol. The maximum Gasteiger partial charge on any atom is 0.152 e. The van der Waals surface area contributed by atoms with Gasteiger partial charge >= 0.3 is 0 Å². The molecular formula is C13H13NO. The number of aldehydes is 1. The maximum absolute atomic E-state index is 10.9. The van der Waals surface area contributed by atoms with Crippen LogP contribution in [0.25, 0.3) is 5.57 Å². The van der Waals surface area contributed by atoms with Crippen molar-refractivity contribution in [3.8, 4) is 0 Å². The minimum atomic E-state index is 0.357. The van der Waals surface area contributed by atoms with Gasteiger partial charge in [-0.05, 0) is 30.4 Å². The third-order valence-corrected chi connectivity index (χ3v) is 3.42. The highest BCUT2D eigenvalue weighted by atomic mass is 16.1. The minimum Gasteiger partial charge on any atom is -0.298 e. The molecule has 0 aromatic heterocycles. The van der Waals surface area contributed by atoms with Crippen molar-refractivity contribution in [2.75, 3.05) is 0 Å². The van der Waals surface area contributed by atoms with E-state index in [0.29, 0.717) is 6.04 Å². The topological polar surface area (TPSA) is 29.4 Å². The van der Waals surface area contributed by atoms with Crippen LogP contribution < -0.4 is 10.6 Å². The zero-order valence-corrected chi connectivity index (χ0v) is 8.73. The number of carbonyl (C=O) groups is 1. The molecule has 1 fully saturated rings. The molecule has 76 valence electrons. The first-order valence-corrected chi connectivity index (χ1v) is 5.44. The summed E-state index contributed by atoms with van der Waals surface area (Å²) in [5.74, 6) is 0.738. The van der Waals surface area contributed by atoms with Crippen molar-refractivity contribution in [1.82, 2.24) is 0 Å². The molecule has 0 spiro atoms. The summed E-state index contributed by atoms with van der Waals surface area (Å²) in [7, 11) is 0. The Labute approximate surface area is 88.3 Å². The molecule has 2 aliphatic rings. The highest BCUT2D eigenvalue weighted by Gasteiger charge is 2.29. The second-order valence-electron chi connectivity index (χ2n) is 4.58. The summed E-state index contributed by atoms with van der Waals surface area (Å²) in [6, 6.07) is 6.26. The first-order chi connectivity index (χ1) is 7.29. The number of hydrogen-bond donors (Lipinski definition) is 0. The average molecular weight is 199 g/mol. The van der Waals surface area contributed by atoms with Crippen molar-refractivity contribution in [1.29, 1.82) is 0 Å². The smallest absolute Gasteiger partial charge is 0.152 e. The lowest BCUT2D eigenvalue weighted by Crippen LogP contribution is -2.26. The van der Waals surface area contributed by atoms with Crippen molar-refractivity contribution < 1.29 is 4.79 Å². The highest BCUT2D eigenvalue weighted by Crippen LogP contribution is 2.33. The minimum absolute atomic E-state index is 0.357. The lowest BCUT2D eigenvalue weighted by Gasteiger charge is -1.98. The van der Waals surface area contributed by atoms with Crippen molar-refractivity contribution in [3.05, 3.63) is 34.3 Å². The number of hydrogen-bond acceptors (Lipinski definition) is 2. The molecule has 0 bridgehead atoms. The zero-order valence-electron chi connectivity index (χ0n) is 8.73. The number of fused-ring (bicyclic) bond motifs is 2. The molecule has 1 aliphatic carbocycles. The van der Waals surface area contributed by atoms with Gasteiger partial charge in [-0.25, -0.2) is 0 Å². The van der Waals surface area contributed by atoms with Crippen molar-refractivity contribution in [3.63, 3.8) is 0 Å². The molecule has 0 N–H and O–H groups in total. The van der Waals surface area contributed by atoms with Crippen LogP contribution in [0.2, 0.25) is 0 Å². The van der Waals surface area contributed by atoms with Crippen LogP contribution in [0.4, 0.5) is 0 Å². The number of nitrogens with zero attached hydrogens (tertiary/aromatic N) is 1. The van der Waals surface area contributed by atoms with Gasteiger partial charge in [-0.1, -0.05) is 19.1 Å². The zero-order chi connectivity index (χ0) is 10.4. The van der Waals surface area contributed by atoms with E-state index >= 15 is 0 Å². The van der Waals surface area contributed by atoms with E-state index in [4.69, 9.17) is 0 Å². The van der Waals surface area contributed by atoms with Gasteiger partial charge in [0.2, 0.25) is 0 Å². The Kier molecular flexibility index (Phi) is 1.78. The van der Waals surface area contributed by atoms with Crippen LogP contribution >= 0.6 is 0 Å². The molecule has 2 nitrogen and oxygen atoms in total.